The lowest BCUT2D eigenvalue weighted by atomic mass is 10.0. The van der Waals surface area contributed by atoms with E-state index in [1.165, 1.54) is 0 Å². The average molecular weight is 259 g/mol. The molecule has 1 atom stereocenters. The molecule has 0 N–H and O–H groups in total. The molecule has 0 amide bonds. The number of hydrogen-bond acceptors (Lipinski definition) is 5. The predicted molar refractivity (Wildman–Crippen MR) is 71.0 cm³/mol. The number of furan rings is 1. The van der Waals surface area contributed by atoms with Gasteiger partial charge in [0.05, 0.1) is 24.8 Å². The van der Waals surface area contributed by atoms with Crippen LogP contribution in [0.25, 0.3) is 0 Å². The standard InChI is InChI=1S/C14H17N3O2/c1-17(7-11-2-4-18-8-11)14-6-13(15-10-16-14)12-3-5-19-9-12/h2,4,6,8,10,12H,3,5,7,9H2,1H3. The molecule has 0 aromatic carbocycles. The maximum absolute atomic E-state index is 5.41. The number of nitrogens with zero attached hydrogens (tertiary/aromatic N) is 3. The van der Waals surface area contributed by atoms with Crippen LogP contribution in [0, 0.1) is 0 Å². The molecule has 19 heavy (non-hydrogen) atoms. The van der Waals surface area contributed by atoms with Crippen molar-refractivity contribution in [2.75, 3.05) is 25.2 Å². The molecule has 0 radical (unpaired) electrons. The lowest BCUT2D eigenvalue weighted by molar-refractivity contribution is 0.193. The molecule has 0 spiro atoms. The molecule has 3 heterocycles. The summed E-state index contributed by atoms with van der Waals surface area (Å²) in [6.45, 7) is 2.37. The first-order chi connectivity index (χ1) is 9.33. The Morgan fingerprint density at radius 1 is 1.42 bits per heavy atom. The number of hydrogen-bond donors (Lipinski definition) is 0. The minimum absolute atomic E-state index is 0.407. The number of aromatic nitrogens is 2. The highest BCUT2D eigenvalue weighted by molar-refractivity contribution is 5.39. The average Bonchev–Trinajstić information content (AvgIpc) is 3.12. The van der Waals surface area contributed by atoms with Gasteiger partial charge in [0.25, 0.3) is 0 Å². The van der Waals surface area contributed by atoms with Gasteiger partial charge in [-0.1, -0.05) is 0 Å². The summed E-state index contributed by atoms with van der Waals surface area (Å²) in [6, 6.07) is 4.02. The van der Waals surface area contributed by atoms with Gasteiger partial charge in [0.15, 0.2) is 0 Å². The van der Waals surface area contributed by atoms with Crippen molar-refractivity contribution in [1.29, 1.82) is 0 Å². The zero-order valence-electron chi connectivity index (χ0n) is 11.0. The predicted octanol–water partition coefficient (Wildman–Crippen LogP) is 2.21. The highest BCUT2D eigenvalue weighted by Gasteiger charge is 2.20. The van der Waals surface area contributed by atoms with Gasteiger partial charge in [-0.2, -0.15) is 0 Å². The van der Waals surface area contributed by atoms with E-state index in [0.717, 1.165) is 43.3 Å². The van der Waals surface area contributed by atoms with E-state index in [1.807, 2.05) is 13.1 Å². The van der Waals surface area contributed by atoms with Crippen LogP contribution in [-0.2, 0) is 11.3 Å². The fraction of sp³-hybridized carbons (Fsp3) is 0.429. The third kappa shape index (κ3) is 2.76. The van der Waals surface area contributed by atoms with Gasteiger partial charge in [-0.25, -0.2) is 9.97 Å². The van der Waals surface area contributed by atoms with Crippen LogP contribution in [-0.4, -0.2) is 30.2 Å². The highest BCUT2D eigenvalue weighted by atomic mass is 16.5. The van der Waals surface area contributed by atoms with E-state index in [-0.39, 0.29) is 0 Å². The topological polar surface area (TPSA) is 51.4 Å². The molecule has 5 nitrogen and oxygen atoms in total. The molecule has 3 rings (SSSR count). The van der Waals surface area contributed by atoms with Gasteiger partial charge >= 0.3 is 0 Å². The van der Waals surface area contributed by atoms with E-state index in [1.54, 1.807) is 18.9 Å². The number of anilines is 1. The van der Waals surface area contributed by atoms with Crippen molar-refractivity contribution in [1.82, 2.24) is 9.97 Å². The quantitative estimate of drug-likeness (QED) is 0.842. The summed E-state index contributed by atoms with van der Waals surface area (Å²) in [5, 5.41) is 0. The van der Waals surface area contributed by atoms with Crippen LogP contribution >= 0.6 is 0 Å². The van der Waals surface area contributed by atoms with Crippen molar-refractivity contribution in [3.05, 3.63) is 42.2 Å². The second-order valence-electron chi connectivity index (χ2n) is 4.85. The zero-order valence-corrected chi connectivity index (χ0v) is 11.0. The molecule has 1 fully saturated rings. The van der Waals surface area contributed by atoms with Gasteiger partial charge in [-0.3, -0.25) is 0 Å². The van der Waals surface area contributed by atoms with Crippen LogP contribution in [0.15, 0.2) is 35.4 Å². The molecule has 0 aliphatic carbocycles. The Labute approximate surface area is 112 Å². The van der Waals surface area contributed by atoms with Gasteiger partial charge in [0.1, 0.15) is 12.1 Å². The lowest BCUT2D eigenvalue weighted by Crippen LogP contribution is -2.18. The normalized spacial score (nSPS) is 18.7. The maximum atomic E-state index is 5.41. The van der Waals surface area contributed by atoms with Crippen molar-refractivity contribution in [2.24, 2.45) is 0 Å². The Bertz CT molecular complexity index is 521. The summed E-state index contributed by atoms with van der Waals surface area (Å²) in [6.07, 6.45) is 6.12. The van der Waals surface area contributed by atoms with Crippen molar-refractivity contribution >= 4 is 5.82 Å². The second kappa shape index (κ2) is 5.40. The molecule has 1 aliphatic rings. The van der Waals surface area contributed by atoms with Crippen LogP contribution in [0.4, 0.5) is 5.82 Å². The third-order valence-corrected chi connectivity index (χ3v) is 3.41. The van der Waals surface area contributed by atoms with Gasteiger partial charge < -0.3 is 14.1 Å². The first-order valence-electron chi connectivity index (χ1n) is 6.45. The number of rotatable bonds is 4. The summed E-state index contributed by atoms with van der Waals surface area (Å²) in [5.74, 6) is 1.34. The van der Waals surface area contributed by atoms with Crippen molar-refractivity contribution < 1.29 is 9.15 Å². The minimum Gasteiger partial charge on any atom is -0.472 e. The molecule has 5 heteroatoms. The maximum Gasteiger partial charge on any atom is 0.132 e. The highest BCUT2D eigenvalue weighted by Crippen LogP contribution is 2.25. The molecule has 1 aliphatic heterocycles. The smallest absolute Gasteiger partial charge is 0.132 e. The number of ether oxygens (including phenoxy) is 1. The summed E-state index contributed by atoms with van der Waals surface area (Å²) in [5.41, 5.74) is 2.20. The summed E-state index contributed by atoms with van der Waals surface area (Å²) in [7, 11) is 2.02. The monoisotopic (exact) mass is 259 g/mol. The zero-order chi connectivity index (χ0) is 13.1. The summed E-state index contributed by atoms with van der Waals surface area (Å²) in [4.78, 5) is 10.8. The lowest BCUT2D eigenvalue weighted by Gasteiger charge is -2.18. The molecule has 0 bridgehead atoms. The first kappa shape index (κ1) is 12.2. The van der Waals surface area contributed by atoms with E-state index >= 15 is 0 Å². The Morgan fingerprint density at radius 2 is 2.37 bits per heavy atom. The second-order valence-corrected chi connectivity index (χ2v) is 4.85. The third-order valence-electron chi connectivity index (χ3n) is 3.41. The first-order valence-corrected chi connectivity index (χ1v) is 6.45. The van der Waals surface area contributed by atoms with Gasteiger partial charge in [0, 0.05) is 37.7 Å². The Kier molecular flexibility index (Phi) is 3.46. The minimum atomic E-state index is 0.407. The Hall–Kier alpha value is -1.88. The fourth-order valence-electron chi connectivity index (χ4n) is 2.30. The summed E-state index contributed by atoms with van der Waals surface area (Å²) < 4.78 is 10.5. The van der Waals surface area contributed by atoms with Gasteiger partial charge in [-0.15, -0.1) is 0 Å². The van der Waals surface area contributed by atoms with Gasteiger partial charge in [0.2, 0.25) is 0 Å². The van der Waals surface area contributed by atoms with Crippen LogP contribution in [0.3, 0.4) is 0 Å². The fourth-order valence-corrected chi connectivity index (χ4v) is 2.30. The molecule has 1 saturated heterocycles. The Morgan fingerprint density at radius 3 is 3.11 bits per heavy atom. The Balaban J connectivity index is 1.74. The molecular weight excluding hydrogens is 242 g/mol. The van der Waals surface area contributed by atoms with Crippen LogP contribution < -0.4 is 4.90 Å². The van der Waals surface area contributed by atoms with Crippen molar-refractivity contribution in [3.8, 4) is 0 Å². The van der Waals surface area contributed by atoms with E-state index in [0.29, 0.717) is 5.92 Å². The molecule has 2 aromatic rings. The SMILES string of the molecule is CN(Cc1ccoc1)c1cc(C2CCOC2)ncn1. The van der Waals surface area contributed by atoms with E-state index < -0.39 is 0 Å². The van der Waals surface area contributed by atoms with Crippen molar-refractivity contribution in [2.45, 2.75) is 18.9 Å². The van der Waals surface area contributed by atoms with Crippen LogP contribution in [0.2, 0.25) is 0 Å². The van der Waals surface area contributed by atoms with Crippen LogP contribution in [0.5, 0.6) is 0 Å². The molecule has 0 saturated carbocycles. The van der Waals surface area contributed by atoms with E-state index in [2.05, 4.69) is 20.9 Å². The summed E-state index contributed by atoms with van der Waals surface area (Å²) >= 11 is 0. The largest absolute Gasteiger partial charge is 0.472 e. The van der Waals surface area contributed by atoms with Crippen LogP contribution in [0.1, 0.15) is 23.6 Å². The molecule has 1 unspecified atom stereocenters. The molecule has 100 valence electrons. The van der Waals surface area contributed by atoms with E-state index in [4.69, 9.17) is 9.15 Å². The van der Waals surface area contributed by atoms with E-state index in [9.17, 15) is 0 Å². The van der Waals surface area contributed by atoms with Gasteiger partial charge in [-0.05, 0) is 12.5 Å². The molecular formula is C14H17N3O2. The molecule has 2 aromatic heterocycles. The van der Waals surface area contributed by atoms with Crippen molar-refractivity contribution in [3.63, 3.8) is 0 Å².